The summed E-state index contributed by atoms with van der Waals surface area (Å²) in [6.07, 6.45) is 7.18. The molecule has 0 saturated heterocycles. The van der Waals surface area contributed by atoms with Gasteiger partial charge in [-0.1, -0.05) is 18.2 Å². The summed E-state index contributed by atoms with van der Waals surface area (Å²) in [4.78, 5) is 29.1. The molecule has 2 amide bonds. The van der Waals surface area contributed by atoms with Crippen molar-refractivity contribution in [1.82, 2.24) is 4.90 Å². The molecule has 232 valence electrons. The zero-order valence-electron chi connectivity index (χ0n) is 25.9. The standard InChI is InChI=1S/C37H39N3O5/c1-43-32-14-27-10-11-40(21-28(27)15-33(32)44-2)35(42)37-18-25-12-26(19-37)17-36(16-25,23-37)29-6-8-31(9-7-29)45-22-34(41)39-30-5-3-4-24(13-30)20-38/h3-9,13-15,25-26H,10-12,16-19,21-23H2,1-2H3,(H,39,41). The highest BCUT2D eigenvalue weighted by molar-refractivity contribution is 5.92. The van der Waals surface area contributed by atoms with Crippen molar-refractivity contribution in [2.24, 2.45) is 17.3 Å². The van der Waals surface area contributed by atoms with Crippen LogP contribution >= 0.6 is 0 Å². The zero-order valence-corrected chi connectivity index (χ0v) is 25.9. The molecule has 4 saturated carbocycles. The van der Waals surface area contributed by atoms with Crippen LogP contribution in [-0.4, -0.2) is 44.1 Å². The van der Waals surface area contributed by atoms with Crippen LogP contribution in [0, 0.1) is 28.6 Å². The Morgan fingerprint density at radius 3 is 2.36 bits per heavy atom. The summed E-state index contributed by atoms with van der Waals surface area (Å²) in [5, 5.41) is 11.9. The number of nitrogens with zero attached hydrogens (tertiary/aromatic N) is 2. The fraction of sp³-hybridized carbons (Fsp3) is 0.432. The van der Waals surface area contributed by atoms with Crippen LogP contribution in [0.15, 0.2) is 60.7 Å². The molecular weight excluding hydrogens is 566 g/mol. The lowest BCUT2D eigenvalue weighted by molar-refractivity contribution is -0.161. The van der Waals surface area contributed by atoms with E-state index in [1.54, 1.807) is 38.5 Å². The maximum Gasteiger partial charge on any atom is 0.262 e. The lowest BCUT2D eigenvalue weighted by Crippen LogP contribution is -2.60. The lowest BCUT2D eigenvalue weighted by Gasteiger charge is -2.62. The van der Waals surface area contributed by atoms with Crippen molar-refractivity contribution in [2.75, 3.05) is 32.7 Å². The fourth-order valence-corrected chi connectivity index (χ4v) is 9.16. The van der Waals surface area contributed by atoms with E-state index in [0.717, 1.165) is 56.4 Å². The SMILES string of the molecule is COc1cc2c(cc1OC)CN(C(=O)C13CC4CC(C1)CC(c1ccc(OCC(=O)Nc5cccc(C#N)c5)cc1)(C4)C3)CC2. The fourth-order valence-electron chi connectivity index (χ4n) is 9.16. The summed E-state index contributed by atoms with van der Waals surface area (Å²) < 4.78 is 16.9. The van der Waals surface area contributed by atoms with Gasteiger partial charge in [0.15, 0.2) is 18.1 Å². The van der Waals surface area contributed by atoms with Crippen LogP contribution in [0.3, 0.4) is 0 Å². The summed E-state index contributed by atoms with van der Waals surface area (Å²) in [6.45, 7) is 1.22. The predicted molar refractivity (Wildman–Crippen MR) is 169 cm³/mol. The Balaban J connectivity index is 1.04. The van der Waals surface area contributed by atoms with Crippen molar-refractivity contribution in [3.8, 4) is 23.3 Å². The number of nitriles is 1. The molecule has 8 nitrogen and oxygen atoms in total. The Morgan fingerprint density at radius 1 is 0.956 bits per heavy atom. The molecule has 1 N–H and O–H groups in total. The Morgan fingerprint density at radius 2 is 1.67 bits per heavy atom. The van der Waals surface area contributed by atoms with Gasteiger partial charge < -0.3 is 24.4 Å². The first-order valence-electron chi connectivity index (χ1n) is 15.9. The molecular formula is C37H39N3O5. The second-order valence-corrected chi connectivity index (χ2v) is 13.5. The van der Waals surface area contributed by atoms with Crippen LogP contribution in [0.5, 0.6) is 17.2 Å². The maximum atomic E-state index is 14.5. The Labute approximate surface area is 264 Å². The van der Waals surface area contributed by atoms with Gasteiger partial charge in [0.05, 0.1) is 31.3 Å². The first-order chi connectivity index (χ1) is 21.8. The van der Waals surface area contributed by atoms with E-state index >= 15 is 0 Å². The number of hydrogen-bond donors (Lipinski definition) is 1. The number of methoxy groups -OCH3 is 2. The molecule has 1 aliphatic heterocycles. The molecule has 2 atom stereocenters. The third-order valence-corrected chi connectivity index (χ3v) is 10.6. The molecule has 3 aromatic carbocycles. The van der Waals surface area contributed by atoms with E-state index < -0.39 is 0 Å². The summed E-state index contributed by atoms with van der Waals surface area (Å²) in [7, 11) is 3.31. The van der Waals surface area contributed by atoms with Crippen molar-refractivity contribution >= 4 is 17.5 Å². The van der Waals surface area contributed by atoms with Crippen LogP contribution in [0.2, 0.25) is 0 Å². The number of carbonyl (C=O) groups is 2. The number of nitrogens with one attached hydrogen (secondary N) is 1. The molecule has 3 aromatic rings. The monoisotopic (exact) mass is 605 g/mol. The van der Waals surface area contributed by atoms with Gasteiger partial charge in [-0.3, -0.25) is 9.59 Å². The van der Waals surface area contributed by atoms with Gasteiger partial charge in [0.2, 0.25) is 5.91 Å². The summed E-state index contributed by atoms with van der Waals surface area (Å²) >= 11 is 0. The highest BCUT2D eigenvalue weighted by Gasteiger charge is 2.61. The van der Waals surface area contributed by atoms with Crippen molar-refractivity contribution < 1.29 is 23.8 Å². The Bertz CT molecular complexity index is 1660. The average Bonchev–Trinajstić information content (AvgIpc) is 3.05. The van der Waals surface area contributed by atoms with E-state index in [-0.39, 0.29) is 23.3 Å². The summed E-state index contributed by atoms with van der Waals surface area (Å²) in [6, 6.07) is 21.2. The highest BCUT2D eigenvalue weighted by atomic mass is 16.5. The van der Waals surface area contributed by atoms with E-state index in [0.29, 0.717) is 47.0 Å². The van der Waals surface area contributed by atoms with Gasteiger partial charge in [-0.2, -0.15) is 5.26 Å². The second kappa shape index (κ2) is 11.4. The molecule has 2 unspecified atom stereocenters. The van der Waals surface area contributed by atoms with Gasteiger partial charge >= 0.3 is 0 Å². The Kier molecular flexibility index (Phi) is 7.43. The molecule has 4 aliphatic carbocycles. The number of ether oxygens (including phenoxy) is 3. The molecule has 4 bridgehead atoms. The van der Waals surface area contributed by atoms with Crippen LogP contribution in [0.4, 0.5) is 5.69 Å². The second-order valence-electron chi connectivity index (χ2n) is 13.5. The van der Waals surface area contributed by atoms with Crippen molar-refractivity contribution in [1.29, 1.82) is 5.26 Å². The van der Waals surface area contributed by atoms with Crippen molar-refractivity contribution in [3.05, 3.63) is 82.9 Å². The summed E-state index contributed by atoms with van der Waals surface area (Å²) in [5.74, 6) is 3.25. The third-order valence-electron chi connectivity index (χ3n) is 10.6. The van der Waals surface area contributed by atoms with Crippen LogP contribution in [0.1, 0.15) is 60.8 Å². The molecule has 0 spiro atoms. The number of rotatable bonds is 8. The quantitative estimate of drug-likeness (QED) is 0.337. The molecule has 4 fully saturated rings. The van der Waals surface area contributed by atoms with E-state index in [1.165, 1.54) is 17.5 Å². The molecule has 8 rings (SSSR count). The predicted octanol–water partition coefficient (Wildman–Crippen LogP) is 6.02. The van der Waals surface area contributed by atoms with Crippen LogP contribution in [-0.2, 0) is 28.0 Å². The minimum Gasteiger partial charge on any atom is -0.493 e. The van der Waals surface area contributed by atoms with Crippen LogP contribution in [0.25, 0.3) is 0 Å². The van der Waals surface area contributed by atoms with Gasteiger partial charge in [0.1, 0.15) is 5.75 Å². The smallest absolute Gasteiger partial charge is 0.262 e. The normalized spacial score (nSPS) is 26.0. The average molecular weight is 606 g/mol. The number of anilines is 1. The molecule has 45 heavy (non-hydrogen) atoms. The van der Waals surface area contributed by atoms with E-state index in [9.17, 15) is 9.59 Å². The van der Waals surface area contributed by atoms with Crippen LogP contribution < -0.4 is 19.5 Å². The number of carbonyl (C=O) groups excluding carboxylic acids is 2. The van der Waals surface area contributed by atoms with Gasteiger partial charge in [0.25, 0.3) is 5.91 Å². The summed E-state index contributed by atoms with van der Waals surface area (Å²) in [5.41, 5.74) is 4.38. The first kappa shape index (κ1) is 29.2. The molecule has 0 aromatic heterocycles. The largest absolute Gasteiger partial charge is 0.493 e. The highest BCUT2D eigenvalue weighted by Crippen LogP contribution is 2.66. The maximum absolute atomic E-state index is 14.5. The van der Waals surface area contributed by atoms with E-state index in [1.807, 2.05) is 18.2 Å². The van der Waals surface area contributed by atoms with E-state index in [2.05, 4.69) is 34.5 Å². The number of hydrogen-bond acceptors (Lipinski definition) is 6. The number of fused-ring (bicyclic) bond motifs is 1. The minimum absolute atomic E-state index is 0.00825. The topological polar surface area (TPSA) is 101 Å². The molecule has 1 heterocycles. The lowest BCUT2D eigenvalue weighted by atomic mass is 9.42. The van der Waals surface area contributed by atoms with Gasteiger partial charge in [-0.15, -0.1) is 0 Å². The van der Waals surface area contributed by atoms with Gasteiger partial charge in [-0.05, 0) is 121 Å². The third kappa shape index (κ3) is 5.39. The van der Waals surface area contributed by atoms with Crippen molar-refractivity contribution in [3.63, 3.8) is 0 Å². The molecule has 0 radical (unpaired) electrons. The van der Waals surface area contributed by atoms with Gasteiger partial charge in [0, 0.05) is 18.8 Å². The van der Waals surface area contributed by atoms with Crippen molar-refractivity contribution in [2.45, 2.75) is 56.9 Å². The number of amides is 2. The number of benzene rings is 3. The first-order valence-corrected chi connectivity index (χ1v) is 15.9. The molecule has 8 heteroatoms. The van der Waals surface area contributed by atoms with Gasteiger partial charge in [-0.25, -0.2) is 0 Å². The molecule has 5 aliphatic rings. The zero-order chi connectivity index (χ0) is 31.2. The Hall–Kier alpha value is -4.51. The van der Waals surface area contributed by atoms with E-state index in [4.69, 9.17) is 19.5 Å². The minimum atomic E-state index is -0.311.